The molecule has 3 aromatic carbocycles. The summed E-state index contributed by atoms with van der Waals surface area (Å²) in [5.74, 6) is -0.733. The van der Waals surface area contributed by atoms with Crippen LogP contribution in [0.15, 0.2) is 54.6 Å². The van der Waals surface area contributed by atoms with E-state index in [0.717, 1.165) is 42.3 Å². The molecule has 0 spiro atoms. The first-order valence-electron chi connectivity index (χ1n) is 10.3. The summed E-state index contributed by atoms with van der Waals surface area (Å²) < 4.78 is 16.4. The van der Waals surface area contributed by atoms with E-state index in [1.54, 1.807) is 36.4 Å². The molecule has 0 saturated carbocycles. The van der Waals surface area contributed by atoms with Crippen LogP contribution in [0.1, 0.15) is 47.7 Å². The molecule has 0 aliphatic carbocycles. The summed E-state index contributed by atoms with van der Waals surface area (Å²) in [5.41, 5.74) is 9.05. The lowest BCUT2D eigenvalue weighted by molar-refractivity contribution is 0.100. The van der Waals surface area contributed by atoms with Crippen molar-refractivity contribution >= 4 is 27.7 Å². The number of fused-ring (bicyclic) bond motifs is 3. The van der Waals surface area contributed by atoms with Crippen LogP contribution in [0.4, 0.5) is 4.39 Å². The molecule has 1 aromatic heterocycles. The van der Waals surface area contributed by atoms with Crippen molar-refractivity contribution in [1.29, 1.82) is 0 Å². The Morgan fingerprint density at radius 2 is 1.83 bits per heavy atom. The number of aromatic hydroxyl groups is 1. The first-order chi connectivity index (χ1) is 14.5. The smallest absolute Gasteiger partial charge is 0.249 e. The Kier molecular flexibility index (Phi) is 5.44. The highest BCUT2D eigenvalue weighted by molar-refractivity contribution is 6.19. The summed E-state index contributed by atoms with van der Waals surface area (Å²) in [7, 11) is 0. The zero-order chi connectivity index (χ0) is 21.3. The Morgan fingerprint density at radius 3 is 2.57 bits per heavy atom. The van der Waals surface area contributed by atoms with Crippen molar-refractivity contribution in [2.75, 3.05) is 0 Å². The molecule has 4 aromatic rings. The molecule has 154 valence electrons. The summed E-state index contributed by atoms with van der Waals surface area (Å²) in [5, 5.41) is 12.1. The minimum Gasteiger partial charge on any atom is -0.507 e. The summed E-state index contributed by atoms with van der Waals surface area (Å²) in [6, 6.07) is 15.7. The molecule has 5 heteroatoms. The highest BCUT2D eigenvalue weighted by Gasteiger charge is 2.20. The van der Waals surface area contributed by atoms with Gasteiger partial charge in [-0.3, -0.25) is 4.79 Å². The quantitative estimate of drug-likeness (QED) is 0.398. The lowest BCUT2D eigenvalue weighted by Crippen LogP contribution is -2.11. The number of carbonyl (C=O) groups excluding carboxylic acids is 1. The number of rotatable bonds is 7. The van der Waals surface area contributed by atoms with Crippen molar-refractivity contribution in [2.24, 2.45) is 5.73 Å². The van der Waals surface area contributed by atoms with Crippen LogP contribution >= 0.6 is 0 Å². The lowest BCUT2D eigenvalue weighted by atomic mass is 10.0. The number of carbonyl (C=O) groups is 1. The summed E-state index contributed by atoms with van der Waals surface area (Å²) >= 11 is 0. The number of amides is 1. The second kappa shape index (κ2) is 8.19. The third-order valence-electron chi connectivity index (χ3n) is 5.65. The van der Waals surface area contributed by atoms with Crippen LogP contribution in [0.25, 0.3) is 21.8 Å². The Hall–Kier alpha value is -3.34. The molecule has 4 rings (SSSR count). The van der Waals surface area contributed by atoms with Crippen LogP contribution in [0.3, 0.4) is 0 Å². The van der Waals surface area contributed by atoms with Crippen molar-refractivity contribution < 1.29 is 14.3 Å². The average Bonchev–Trinajstić information content (AvgIpc) is 3.04. The molecule has 0 unspecified atom stereocenters. The number of benzene rings is 3. The van der Waals surface area contributed by atoms with Gasteiger partial charge in [-0.05, 0) is 48.7 Å². The molecule has 0 aliphatic rings. The number of phenolic OH excluding ortho intramolecular Hbond substituents is 1. The maximum Gasteiger partial charge on any atom is 0.249 e. The molecule has 0 saturated heterocycles. The van der Waals surface area contributed by atoms with Gasteiger partial charge in [0.25, 0.3) is 0 Å². The fourth-order valence-electron chi connectivity index (χ4n) is 4.19. The number of hydrogen-bond acceptors (Lipinski definition) is 2. The van der Waals surface area contributed by atoms with Gasteiger partial charge in [0.1, 0.15) is 11.6 Å². The molecule has 0 radical (unpaired) electrons. The van der Waals surface area contributed by atoms with E-state index in [-0.39, 0.29) is 18.1 Å². The third-order valence-corrected chi connectivity index (χ3v) is 5.65. The Morgan fingerprint density at radius 1 is 1.03 bits per heavy atom. The molecular weight excluding hydrogens is 379 g/mol. The van der Waals surface area contributed by atoms with E-state index in [9.17, 15) is 14.3 Å². The Bertz CT molecular complexity index is 1240. The van der Waals surface area contributed by atoms with Gasteiger partial charge in [-0.2, -0.15) is 0 Å². The van der Waals surface area contributed by atoms with Gasteiger partial charge in [0.2, 0.25) is 5.91 Å². The van der Waals surface area contributed by atoms with Gasteiger partial charge in [0.05, 0.1) is 23.0 Å². The monoisotopic (exact) mass is 404 g/mol. The van der Waals surface area contributed by atoms with E-state index in [0.29, 0.717) is 21.9 Å². The minimum atomic E-state index is -0.558. The predicted molar refractivity (Wildman–Crippen MR) is 118 cm³/mol. The second-order valence-electron chi connectivity index (χ2n) is 7.71. The zero-order valence-corrected chi connectivity index (χ0v) is 17.0. The van der Waals surface area contributed by atoms with Gasteiger partial charge in [-0.1, -0.05) is 44.0 Å². The number of unbranched alkanes of at least 4 members (excludes halogenated alkanes) is 2. The van der Waals surface area contributed by atoms with Crippen molar-refractivity contribution in [1.82, 2.24) is 4.57 Å². The van der Waals surface area contributed by atoms with E-state index in [1.165, 1.54) is 6.07 Å². The van der Waals surface area contributed by atoms with Gasteiger partial charge in [-0.25, -0.2) is 4.39 Å². The molecule has 3 N–H and O–H groups in total. The van der Waals surface area contributed by atoms with E-state index in [4.69, 9.17) is 5.73 Å². The standard InChI is InChI=1S/C25H25FN2O2/c1-2-3-4-8-16-13-21-24(22(29)14-16)23-18(25(27)30)10-7-12-20(23)28(21)15-17-9-5-6-11-19(17)26/h5-7,9-14,29H,2-4,8,15H2,1H3,(H2,27,30). The fraction of sp³-hybridized carbons (Fsp3) is 0.240. The molecule has 0 bridgehead atoms. The molecule has 0 aliphatic heterocycles. The van der Waals surface area contributed by atoms with Crippen molar-refractivity contribution in [3.8, 4) is 5.75 Å². The number of halogens is 1. The van der Waals surface area contributed by atoms with E-state index < -0.39 is 5.91 Å². The number of nitrogens with zero attached hydrogens (tertiary/aromatic N) is 1. The predicted octanol–water partition coefficient (Wildman–Crippen LogP) is 5.52. The second-order valence-corrected chi connectivity index (χ2v) is 7.71. The summed E-state index contributed by atoms with van der Waals surface area (Å²) in [6.07, 6.45) is 4.11. The third kappa shape index (κ3) is 3.52. The van der Waals surface area contributed by atoms with Gasteiger partial charge >= 0.3 is 0 Å². The van der Waals surface area contributed by atoms with Gasteiger partial charge in [0, 0.05) is 16.5 Å². The average molecular weight is 404 g/mol. The normalized spacial score (nSPS) is 11.4. The fourth-order valence-corrected chi connectivity index (χ4v) is 4.19. The largest absolute Gasteiger partial charge is 0.507 e. The van der Waals surface area contributed by atoms with Crippen LogP contribution in [-0.4, -0.2) is 15.6 Å². The van der Waals surface area contributed by atoms with Crippen molar-refractivity contribution in [2.45, 2.75) is 39.2 Å². The molecule has 0 atom stereocenters. The van der Waals surface area contributed by atoms with Crippen LogP contribution in [0.2, 0.25) is 0 Å². The first kappa shape index (κ1) is 20.0. The van der Waals surface area contributed by atoms with E-state index in [2.05, 4.69) is 6.92 Å². The summed E-state index contributed by atoms with van der Waals surface area (Å²) in [6.45, 7) is 2.44. The number of primary amides is 1. The van der Waals surface area contributed by atoms with Crippen LogP contribution < -0.4 is 5.73 Å². The lowest BCUT2D eigenvalue weighted by Gasteiger charge is -2.10. The van der Waals surface area contributed by atoms with E-state index >= 15 is 0 Å². The molecule has 1 amide bonds. The number of aryl methyl sites for hydroxylation is 1. The number of nitrogens with two attached hydrogens (primary N) is 1. The SMILES string of the molecule is CCCCCc1cc(O)c2c3c(C(N)=O)cccc3n(Cc3ccccc3F)c2c1. The molecule has 1 heterocycles. The number of phenols is 1. The van der Waals surface area contributed by atoms with Gasteiger partial charge in [0.15, 0.2) is 0 Å². The highest BCUT2D eigenvalue weighted by atomic mass is 19.1. The molecule has 4 nitrogen and oxygen atoms in total. The zero-order valence-electron chi connectivity index (χ0n) is 17.0. The minimum absolute atomic E-state index is 0.116. The van der Waals surface area contributed by atoms with Crippen molar-refractivity contribution in [3.63, 3.8) is 0 Å². The molecule has 30 heavy (non-hydrogen) atoms. The Labute approximate surface area is 174 Å². The van der Waals surface area contributed by atoms with Crippen LogP contribution in [0.5, 0.6) is 5.75 Å². The first-order valence-corrected chi connectivity index (χ1v) is 10.3. The molecule has 0 fully saturated rings. The highest BCUT2D eigenvalue weighted by Crippen LogP contribution is 2.38. The number of hydrogen-bond donors (Lipinski definition) is 2. The number of aromatic nitrogens is 1. The summed E-state index contributed by atoms with van der Waals surface area (Å²) in [4.78, 5) is 12.1. The van der Waals surface area contributed by atoms with Crippen molar-refractivity contribution in [3.05, 3.63) is 77.1 Å². The van der Waals surface area contributed by atoms with Crippen LogP contribution in [0, 0.1) is 5.82 Å². The van der Waals surface area contributed by atoms with Gasteiger partial charge < -0.3 is 15.4 Å². The van der Waals surface area contributed by atoms with Gasteiger partial charge in [-0.15, -0.1) is 0 Å². The Balaban J connectivity index is 1.99. The maximum atomic E-state index is 14.4. The van der Waals surface area contributed by atoms with E-state index in [1.807, 2.05) is 16.7 Å². The molecular formula is C25H25FN2O2. The van der Waals surface area contributed by atoms with Crippen LogP contribution in [-0.2, 0) is 13.0 Å². The topological polar surface area (TPSA) is 68.2 Å². The maximum absolute atomic E-state index is 14.4.